The molecule has 1 N–H and O–H groups in total. The second kappa shape index (κ2) is 4.14. The van der Waals surface area contributed by atoms with Gasteiger partial charge in [0.25, 0.3) is 0 Å². The molecule has 16 heavy (non-hydrogen) atoms. The van der Waals surface area contributed by atoms with Gasteiger partial charge in [0, 0.05) is 11.1 Å². The van der Waals surface area contributed by atoms with Crippen molar-refractivity contribution in [2.45, 2.75) is 6.92 Å². The number of hydrogen-bond acceptors (Lipinski definition) is 1. The molecular formula is C13H10ClFO. The maximum Gasteiger partial charge on any atom is 0.127 e. The largest absolute Gasteiger partial charge is 0.508 e. The van der Waals surface area contributed by atoms with Crippen LogP contribution in [0.15, 0.2) is 36.4 Å². The van der Waals surface area contributed by atoms with Crippen molar-refractivity contribution in [2.24, 2.45) is 0 Å². The normalized spacial score (nSPS) is 10.4. The highest BCUT2D eigenvalue weighted by molar-refractivity contribution is 6.31. The first-order valence-corrected chi connectivity index (χ1v) is 5.20. The van der Waals surface area contributed by atoms with Gasteiger partial charge in [-0.1, -0.05) is 23.7 Å². The molecule has 0 aliphatic carbocycles. The smallest absolute Gasteiger partial charge is 0.127 e. The molecule has 0 amide bonds. The second-order valence-corrected chi connectivity index (χ2v) is 4.07. The Balaban J connectivity index is 2.54. The van der Waals surface area contributed by atoms with Crippen LogP contribution in [0.1, 0.15) is 5.56 Å². The maximum absolute atomic E-state index is 13.1. The Morgan fingerprint density at radius 3 is 2.44 bits per heavy atom. The monoisotopic (exact) mass is 236 g/mol. The average molecular weight is 237 g/mol. The molecule has 0 aliphatic rings. The fraction of sp³-hybridized carbons (Fsp3) is 0.0769. The lowest BCUT2D eigenvalue weighted by Crippen LogP contribution is -1.82. The Morgan fingerprint density at radius 1 is 1.06 bits per heavy atom. The van der Waals surface area contributed by atoms with E-state index in [1.54, 1.807) is 6.07 Å². The summed E-state index contributed by atoms with van der Waals surface area (Å²) in [6.45, 7) is 1.90. The number of aromatic hydroxyl groups is 1. The number of halogens is 2. The summed E-state index contributed by atoms with van der Waals surface area (Å²) < 4.78 is 13.1. The van der Waals surface area contributed by atoms with Crippen LogP contribution in [-0.2, 0) is 0 Å². The molecule has 0 bridgehead atoms. The van der Waals surface area contributed by atoms with Crippen LogP contribution in [-0.4, -0.2) is 5.11 Å². The van der Waals surface area contributed by atoms with Gasteiger partial charge < -0.3 is 5.11 Å². The maximum atomic E-state index is 13.1. The Hall–Kier alpha value is -1.54. The van der Waals surface area contributed by atoms with Crippen molar-refractivity contribution in [1.82, 2.24) is 0 Å². The first-order valence-electron chi connectivity index (χ1n) is 4.82. The van der Waals surface area contributed by atoms with Crippen LogP contribution >= 0.6 is 11.6 Å². The number of hydrogen-bond donors (Lipinski definition) is 1. The van der Waals surface area contributed by atoms with Crippen molar-refractivity contribution in [3.05, 3.63) is 52.8 Å². The van der Waals surface area contributed by atoms with Crippen LogP contribution in [0, 0.1) is 12.7 Å². The average Bonchev–Trinajstić information content (AvgIpc) is 2.20. The van der Waals surface area contributed by atoms with Gasteiger partial charge in [-0.3, -0.25) is 0 Å². The Morgan fingerprint density at radius 2 is 1.81 bits per heavy atom. The molecule has 0 aromatic heterocycles. The lowest BCUT2D eigenvalue weighted by Gasteiger charge is -2.05. The highest BCUT2D eigenvalue weighted by Crippen LogP contribution is 2.28. The molecule has 0 fully saturated rings. The van der Waals surface area contributed by atoms with E-state index in [2.05, 4.69) is 0 Å². The highest BCUT2D eigenvalue weighted by Gasteiger charge is 2.04. The predicted molar refractivity (Wildman–Crippen MR) is 63.2 cm³/mol. The zero-order chi connectivity index (χ0) is 11.7. The molecule has 3 heteroatoms. The third-order valence-electron chi connectivity index (χ3n) is 2.39. The summed E-state index contributed by atoms with van der Waals surface area (Å²) in [5.74, 6) is -0.557. The van der Waals surface area contributed by atoms with Crippen molar-refractivity contribution < 1.29 is 9.50 Å². The van der Waals surface area contributed by atoms with E-state index in [0.717, 1.165) is 17.2 Å². The highest BCUT2D eigenvalue weighted by atomic mass is 35.5. The minimum Gasteiger partial charge on any atom is -0.508 e. The predicted octanol–water partition coefficient (Wildman–Crippen LogP) is 4.16. The van der Waals surface area contributed by atoms with Crippen molar-refractivity contribution in [1.29, 1.82) is 0 Å². The van der Waals surface area contributed by atoms with Crippen molar-refractivity contribution in [3.63, 3.8) is 0 Å². The zero-order valence-electron chi connectivity index (χ0n) is 8.67. The van der Waals surface area contributed by atoms with E-state index in [0.29, 0.717) is 10.6 Å². The van der Waals surface area contributed by atoms with Gasteiger partial charge in [-0.25, -0.2) is 4.39 Å². The second-order valence-electron chi connectivity index (χ2n) is 3.66. The Labute approximate surface area is 98.1 Å². The number of phenols is 1. The van der Waals surface area contributed by atoms with E-state index < -0.39 is 5.82 Å². The molecule has 0 aliphatic heterocycles. The van der Waals surface area contributed by atoms with Crippen LogP contribution in [0.3, 0.4) is 0 Å². The van der Waals surface area contributed by atoms with E-state index in [1.165, 1.54) is 12.1 Å². The van der Waals surface area contributed by atoms with Gasteiger partial charge in [-0.15, -0.1) is 0 Å². The number of rotatable bonds is 1. The first kappa shape index (κ1) is 11.0. The van der Waals surface area contributed by atoms with E-state index in [-0.39, 0.29) is 5.75 Å². The molecule has 2 rings (SSSR count). The summed E-state index contributed by atoms with van der Waals surface area (Å²) in [6, 6.07) is 9.39. The van der Waals surface area contributed by atoms with E-state index in [4.69, 9.17) is 11.6 Å². The molecular weight excluding hydrogens is 227 g/mol. The molecule has 2 aromatic rings. The minimum atomic E-state index is -0.466. The van der Waals surface area contributed by atoms with Gasteiger partial charge in [0.05, 0.1) is 0 Å². The van der Waals surface area contributed by atoms with Gasteiger partial charge in [-0.05, 0) is 41.8 Å². The molecule has 2 aromatic carbocycles. The van der Waals surface area contributed by atoms with Gasteiger partial charge in [0.15, 0.2) is 0 Å². The summed E-state index contributed by atoms with van der Waals surface area (Å²) in [4.78, 5) is 0. The van der Waals surface area contributed by atoms with Gasteiger partial charge in [-0.2, -0.15) is 0 Å². The van der Waals surface area contributed by atoms with Crippen LogP contribution in [0.4, 0.5) is 4.39 Å². The molecule has 0 unspecified atom stereocenters. The molecule has 1 nitrogen and oxygen atoms in total. The molecule has 0 radical (unpaired) electrons. The quantitative estimate of drug-likeness (QED) is 0.788. The summed E-state index contributed by atoms with van der Waals surface area (Å²) in [7, 11) is 0. The molecule has 0 heterocycles. The topological polar surface area (TPSA) is 20.2 Å². The molecule has 0 atom stereocenters. The molecule has 0 saturated carbocycles. The van der Waals surface area contributed by atoms with Crippen molar-refractivity contribution >= 4 is 11.6 Å². The zero-order valence-corrected chi connectivity index (χ0v) is 9.42. The Kier molecular flexibility index (Phi) is 2.84. The third-order valence-corrected chi connectivity index (χ3v) is 2.79. The van der Waals surface area contributed by atoms with Gasteiger partial charge in [0.2, 0.25) is 0 Å². The van der Waals surface area contributed by atoms with Crippen molar-refractivity contribution in [2.75, 3.05) is 0 Å². The van der Waals surface area contributed by atoms with Crippen LogP contribution in [0.5, 0.6) is 5.75 Å². The van der Waals surface area contributed by atoms with Gasteiger partial charge >= 0.3 is 0 Å². The van der Waals surface area contributed by atoms with Gasteiger partial charge in [0.1, 0.15) is 11.6 Å². The molecule has 82 valence electrons. The van der Waals surface area contributed by atoms with Crippen LogP contribution in [0.25, 0.3) is 11.1 Å². The standard InChI is InChI=1S/C13H10ClFO/c1-8-2-3-9(6-13(8)14)10-4-11(15)7-12(16)5-10/h2-7,16H,1H3. The summed E-state index contributed by atoms with van der Waals surface area (Å²) in [6.07, 6.45) is 0. The first-order chi connectivity index (χ1) is 7.56. The summed E-state index contributed by atoms with van der Waals surface area (Å²) >= 11 is 5.99. The van der Waals surface area contributed by atoms with E-state index in [1.807, 2.05) is 19.1 Å². The SMILES string of the molecule is Cc1ccc(-c2cc(O)cc(F)c2)cc1Cl. The fourth-order valence-electron chi connectivity index (χ4n) is 1.51. The minimum absolute atomic E-state index is 0.0910. The number of aryl methyl sites for hydroxylation is 1. The third kappa shape index (κ3) is 2.17. The molecule has 0 saturated heterocycles. The summed E-state index contributed by atoms with van der Waals surface area (Å²) in [5, 5.41) is 9.93. The van der Waals surface area contributed by atoms with Crippen LogP contribution < -0.4 is 0 Å². The summed E-state index contributed by atoms with van der Waals surface area (Å²) in [5.41, 5.74) is 2.36. The Bertz CT molecular complexity index is 517. The van der Waals surface area contributed by atoms with Crippen LogP contribution in [0.2, 0.25) is 5.02 Å². The molecule has 0 spiro atoms. The fourth-order valence-corrected chi connectivity index (χ4v) is 1.69. The van der Waals surface area contributed by atoms with E-state index in [9.17, 15) is 9.50 Å². The van der Waals surface area contributed by atoms with Crippen molar-refractivity contribution in [3.8, 4) is 16.9 Å². The van der Waals surface area contributed by atoms with E-state index >= 15 is 0 Å². The number of benzene rings is 2. The lowest BCUT2D eigenvalue weighted by molar-refractivity contribution is 0.469. The lowest BCUT2D eigenvalue weighted by atomic mass is 10.0. The number of phenolic OH excluding ortho intramolecular Hbond substituents is 1.